The maximum absolute atomic E-state index is 9.14. The van der Waals surface area contributed by atoms with Crippen LogP contribution >= 0.6 is 0 Å². The molecule has 0 bridgehead atoms. The van der Waals surface area contributed by atoms with E-state index in [1.807, 2.05) is 6.92 Å². The van der Waals surface area contributed by atoms with Gasteiger partial charge >= 0.3 is 0 Å². The van der Waals surface area contributed by atoms with Crippen LogP contribution in [-0.2, 0) is 0 Å². The minimum atomic E-state index is -0.142. The number of rotatable bonds is 6. The fourth-order valence-electron chi connectivity index (χ4n) is 2.53. The summed E-state index contributed by atoms with van der Waals surface area (Å²) in [6.07, 6.45) is 8.96. The van der Waals surface area contributed by atoms with Crippen LogP contribution in [0.2, 0.25) is 0 Å². The molecule has 2 heteroatoms. The van der Waals surface area contributed by atoms with Crippen molar-refractivity contribution in [2.45, 2.75) is 70.9 Å². The second-order valence-electron chi connectivity index (χ2n) is 5.13. The monoisotopic (exact) mass is 213 g/mol. The Morgan fingerprint density at radius 2 is 1.87 bits per heavy atom. The normalized spacial score (nSPS) is 22.6. The van der Waals surface area contributed by atoms with Crippen LogP contribution in [0.15, 0.2) is 0 Å². The molecule has 1 rings (SSSR count). The van der Waals surface area contributed by atoms with Crippen LogP contribution in [-0.4, -0.2) is 23.8 Å². The Balaban J connectivity index is 2.04. The first-order valence-electron chi connectivity index (χ1n) is 6.61. The molecule has 1 saturated carbocycles. The van der Waals surface area contributed by atoms with Crippen molar-refractivity contribution in [2.24, 2.45) is 5.92 Å². The van der Waals surface area contributed by atoms with Gasteiger partial charge in [-0.3, -0.25) is 0 Å². The Labute approximate surface area is 94.5 Å². The lowest BCUT2D eigenvalue weighted by atomic mass is 9.84. The third kappa shape index (κ3) is 5.53. The van der Waals surface area contributed by atoms with E-state index < -0.39 is 0 Å². The first-order chi connectivity index (χ1) is 7.20. The first-order valence-corrected chi connectivity index (χ1v) is 6.61. The predicted molar refractivity (Wildman–Crippen MR) is 65.0 cm³/mol. The molecular weight excluding hydrogens is 186 g/mol. The summed E-state index contributed by atoms with van der Waals surface area (Å²) in [4.78, 5) is 0. The molecule has 1 aliphatic carbocycles. The zero-order valence-electron chi connectivity index (χ0n) is 10.3. The molecule has 0 heterocycles. The zero-order chi connectivity index (χ0) is 11.1. The molecule has 0 aromatic heterocycles. The highest BCUT2D eigenvalue weighted by Gasteiger charge is 2.18. The molecule has 15 heavy (non-hydrogen) atoms. The highest BCUT2D eigenvalue weighted by molar-refractivity contribution is 4.75. The molecule has 0 spiro atoms. The highest BCUT2D eigenvalue weighted by Crippen LogP contribution is 2.26. The van der Waals surface area contributed by atoms with Crippen molar-refractivity contribution in [3.63, 3.8) is 0 Å². The minimum Gasteiger partial charge on any atom is -0.393 e. The second kappa shape index (κ2) is 7.24. The molecule has 90 valence electrons. The summed E-state index contributed by atoms with van der Waals surface area (Å²) in [6, 6.07) is 0.666. The maximum Gasteiger partial charge on any atom is 0.0512 e. The van der Waals surface area contributed by atoms with Gasteiger partial charge in [-0.2, -0.15) is 0 Å². The average Bonchev–Trinajstić information content (AvgIpc) is 2.25. The molecule has 0 radical (unpaired) electrons. The predicted octanol–water partition coefficient (Wildman–Crippen LogP) is 2.71. The Kier molecular flexibility index (Phi) is 6.26. The standard InChI is InChI=1S/C13H27NO/c1-11(15)7-6-10-14-12(2)13-8-4-3-5-9-13/h11-15H,3-10H2,1-2H3. The summed E-state index contributed by atoms with van der Waals surface area (Å²) < 4.78 is 0. The summed E-state index contributed by atoms with van der Waals surface area (Å²) in [6.45, 7) is 5.24. The van der Waals surface area contributed by atoms with E-state index in [1.54, 1.807) is 0 Å². The van der Waals surface area contributed by atoms with Gasteiger partial charge in [-0.05, 0) is 52.0 Å². The Bertz CT molecular complexity index is 153. The van der Waals surface area contributed by atoms with E-state index in [1.165, 1.54) is 32.1 Å². The number of hydrogen-bond acceptors (Lipinski definition) is 2. The molecule has 0 aromatic rings. The fraction of sp³-hybridized carbons (Fsp3) is 1.00. The lowest BCUT2D eigenvalue weighted by Gasteiger charge is -2.28. The van der Waals surface area contributed by atoms with Crippen LogP contribution in [0.1, 0.15) is 58.8 Å². The molecule has 0 aliphatic heterocycles. The van der Waals surface area contributed by atoms with Gasteiger partial charge in [-0.1, -0.05) is 19.3 Å². The van der Waals surface area contributed by atoms with Crippen molar-refractivity contribution in [3.8, 4) is 0 Å². The van der Waals surface area contributed by atoms with Crippen LogP contribution in [0.4, 0.5) is 0 Å². The smallest absolute Gasteiger partial charge is 0.0512 e. The van der Waals surface area contributed by atoms with Crippen molar-refractivity contribution in [2.75, 3.05) is 6.54 Å². The summed E-state index contributed by atoms with van der Waals surface area (Å²) in [5.41, 5.74) is 0. The molecule has 0 aromatic carbocycles. The molecule has 2 N–H and O–H groups in total. The summed E-state index contributed by atoms with van der Waals surface area (Å²) in [5.74, 6) is 0.894. The van der Waals surface area contributed by atoms with Gasteiger partial charge in [-0.25, -0.2) is 0 Å². The van der Waals surface area contributed by atoms with E-state index in [0.29, 0.717) is 6.04 Å². The number of aliphatic hydroxyl groups excluding tert-OH is 1. The van der Waals surface area contributed by atoms with Gasteiger partial charge in [0, 0.05) is 6.04 Å². The average molecular weight is 213 g/mol. The number of aliphatic hydroxyl groups is 1. The molecule has 0 amide bonds. The summed E-state index contributed by atoms with van der Waals surface area (Å²) in [7, 11) is 0. The van der Waals surface area contributed by atoms with E-state index in [9.17, 15) is 0 Å². The van der Waals surface area contributed by atoms with Crippen LogP contribution in [0.25, 0.3) is 0 Å². The Hall–Kier alpha value is -0.0800. The number of nitrogens with one attached hydrogen (secondary N) is 1. The van der Waals surface area contributed by atoms with Crippen molar-refractivity contribution in [3.05, 3.63) is 0 Å². The van der Waals surface area contributed by atoms with Crippen LogP contribution in [0.5, 0.6) is 0 Å². The SMILES string of the molecule is CC(O)CCCNC(C)C1CCCCC1. The van der Waals surface area contributed by atoms with Crippen molar-refractivity contribution in [1.82, 2.24) is 5.32 Å². The van der Waals surface area contributed by atoms with Gasteiger partial charge in [0.15, 0.2) is 0 Å². The molecule has 2 unspecified atom stereocenters. The molecule has 2 nitrogen and oxygen atoms in total. The third-order valence-corrected chi connectivity index (χ3v) is 3.62. The van der Waals surface area contributed by atoms with E-state index in [0.717, 1.165) is 25.3 Å². The van der Waals surface area contributed by atoms with Crippen LogP contribution < -0.4 is 5.32 Å². The van der Waals surface area contributed by atoms with Gasteiger partial charge in [-0.15, -0.1) is 0 Å². The van der Waals surface area contributed by atoms with Gasteiger partial charge in [0.25, 0.3) is 0 Å². The van der Waals surface area contributed by atoms with E-state index in [-0.39, 0.29) is 6.10 Å². The van der Waals surface area contributed by atoms with Crippen molar-refractivity contribution >= 4 is 0 Å². The van der Waals surface area contributed by atoms with Crippen molar-refractivity contribution < 1.29 is 5.11 Å². The molecule has 1 fully saturated rings. The lowest BCUT2D eigenvalue weighted by molar-refractivity contribution is 0.179. The van der Waals surface area contributed by atoms with E-state index >= 15 is 0 Å². The molecule has 2 atom stereocenters. The van der Waals surface area contributed by atoms with E-state index in [2.05, 4.69) is 12.2 Å². The Morgan fingerprint density at radius 3 is 2.47 bits per heavy atom. The highest BCUT2D eigenvalue weighted by atomic mass is 16.3. The topological polar surface area (TPSA) is 32.3 Å². The summed E-state index contributed by atoms with van der Waals surface area (Å²) in [5, 5.41) is 12.7. The van der Waals surface area contributed by atoms with Crippen LogP contribution in [0, 0.1) is 5.92 Å². The molecule has 1 aliphatic rings. The zero-order valence-corrected chi connectivity index (χ0v) is 10.3. The van der Waals surface area contributed by atoms with Crippen LogP contribution in [0.3, 0.4) is 0 Å². The number of hydrogen-bond donors (Lipinski definition) is 2. The molecular formula is C13H27NO. The third-order valence-electron chi connectivity index (χ3n) is 3.62. The van der Waals surface area contributed by atoms with Crippen molar-refractivity contribution in [1.29, 1.82) is 0 Å². The second-order valence-corrected chi connectivity index (χ2v) is 5.13. The fourth-order valence-corrected chi connectivity index (χ4v) is 2.53. The summed E-state index contributed by atoms with van der Waals surface area (Å²) >= 11 is 0. The largest absolute Gasteiger partial charge is 0.393 e. The Morgan fingerprint density at radius 1 is 1.20 bits per heavy atom. The first kappa shape index (κ1) is 13.0. The van der Waals surface area contributed by atoms with E-state index in [4.69, 9.17) is 5.11 Å². The maximum atomic E-state index is 9.14. The minimum absolute atomic E-state index is 0.142. The van der Waals surface area contributed by atoms with Gasteiger partial charge in [0.1, 0.15) is 0 Å². The lowest BCUT2D eigenvalue weighted by Crippen LogP contribution is -2.35. The van der Waals surface area contributed by atoms with Gasteiger partial charge in [0.05, 0.1) is 6.10 Å². The van der Waals surface area contributed by atoms with Gasteiger partial charge in [0.2, 0.25) is 0 Å². The van der Waals surface area contributed by atoms with Gasteiger partial charge < -0.3 is 10.4 Å². The molecule has 0 saturated heterocycles. The quantitative estimate of drug-likeness (QED) is 0.665.